The van der Waals surface area contributed by atoms with Crippen LogP contribution in [0.3, 0.4) is 0 Å². The van der Waals surface area contributed by atoms with Gasteiger partial charge in [0.1, 0.15) is 27.7 Å². The highest BCUT2D eigenvalue weighted by Gasteiger charge is 2.27. The van der Waals surface area contributed by atoms with E-state index in [9.17, 15) is 12.8 Å². The van der Waals surface area contributed by atoms with Crippen molar-refractivity contribution in [1.82, 2.24) is 14.4 Å². The van der Waals surface area contributed by atoms with Crippen LogP contribution < -0.4 is 10.1 Å². The Labute approximate surface area is 193 Å². The largest absolute Gasteiger partial charge is 0.493 e. The SMILES string of the molecule is Cc1ncn2c(NCc3c(F)ccc4c3CCO4)ncc(C3CCS(=O)(=O)CC3)c12.O=S=O. The number of ether oxygens (including phenoxy) is 1. The van der Waals surface area contributed by atoms with E-state index < -0.39 is 21.4 Å². The van der Waals surface area contributed by atoms with E-state index in [0.29, 0.717) is 43.9 Å². The number of sulfone groups is 1. The molecule has 2 aliphatic rings. The maximum absolute atomic E-state index is 14.5. The summed E-state index contributed by atoms with van der Waals surface area (Å²) in [7, 11) is -2.93. The van der Waals surface area contributed by atoms with E-state index >= 15 is 0 Å². The van der Waals surface area contributed by atoms with Gasteiger partial charge in [-0.05, 0) is 43.4 Å². The van der Waals surface area contributed by atoms with Crippen LogP contribution in [0.25, 0.3) is 5.52 Å². The number of aryl methyl sites for hydroxylation is 1. The third-order valence-corrected chi connectivity index (χ3v) is 7.85. The van der Waals surface area contributed by atoms with Crippen LogP contribution in [0.4, 0.5) is 10.3 Å². The molecule has 2 aliphatic heterocycles. The third kappa shape index (κ3) is 4.76. The summed E-state index contributed by atoms with van der Waals surface area (Å²) in [5, 5.41) is 3.25. The molecule has 0 saturated carbocycles. The molecule has 176 valence electrons. The Morgan fingerprint density at radius 3 is 2.70 bits per heavy atom. The maximum atomic E-state index is 14.5. The number of fused-ring (bicyclic) bond motifs is 2. The van der Waals surface area contributed by atoms with Crippen LogP contribution in [0, 0.1) is 12.7 Å². The fraction of sp³-hybridized carbons (Fsp3) is 0.429. The summed E-state index contributed by atoms with van der Waals surface area (Å²) < 4.78 is 62.1. The van der Waals surface area contributed by atoms with E-state index in [2.05, 4.69) is 15.3 Å². The summed E-state index contributed by atoms with van der Waals surface area (Å²) in [5.74, 6) is 1.61. The van der Waals surface area contributed by atoms with Gasteiger partial charge in [-0.1, -0.05) is 0 Å². The maximum Gasteiger partial charge on any atom is 0.335 e. The van der Waals surface area contributed by atoms with E-state index in [4.69, 9.17) is 13.2 Å². The molecule has 1 N–H and O–H groups in total. The number of benzene rings is 1. The molecule has 0 unspecified atom stereocenters. The van der Waals surface area contributed by atoms with Crippen molar-refractivity contribution >= 4 is 32.9 Å². The lowest BCUT2D eigenvalue weighted by Crippen LogP contribution is -2.23. The molecule has 0 radical (unpaired) electrons. The van der Waals surface area contributed by atoms with Crippen molar-refractivity contribution in [3.63, 3.8) is 0 Å². The Bertz CT molecular complexity index is 1320. The molecule has 5 rings (SSSR count). The Morgan fingerprint density at radius 1 is 1.24 bits per heavy atom. The molecule has 1 saturated heterocycles. The van der Waals surface area contributed by atoms with Gasteiger partial charge in [-0.2, -0.15) is 8.42 Å². The lowest BCUT2D eigenvalue weighted by molar-refractivity contribution is 0.356. The first-order valence-electron chi connectivity index (χ1n) is 10.5. The molecule has 12 heteroatoms. The number of nitrogens with one attached hydrogen (secondary N) is 1. The van der Waals surface area contributed by atoms with Gasteiger partial charge in [0.25, 0.3) is 0 Å². The van der Waals surface area contributed by atoms with Gasteiger partial charge in [0, 0.05) is 30.3 Å². The van der Waals surface area contributed by atoms with Crippen LogP contribution in [-0.2, 0) is 34.4 Å². The second-order valence-electron chi connectivity index (χ2n) is 8.03. The minimum atomic E-state index is -2.93. The number of rotatable bonds is 4. The van der Waals surface area contributed by atoms with Gasteiger partial charge in [-0.25, -0.2) is 22.8 Å². The Hall–Kier alpha value is -2.86. The van der Waals surface area contributed by atoms with Crippen molar-refractivity contribution in [2.24, 2.45) is 0 Å². The number of hydrogen-bond acceptors (Lipinski definition) is 8. The first kappa shape index (κ1) is 23.3. The quantitative estimate of drug-likeness (QED) is 0.587. The minimum absolute atomic E-state index is 0.139. The summed E-state index contributed by atoms with van der Waals surface area (Å²) in [6, 6.07) is 3.11. The fourth-order valence-corrected chi connectivity index (χ4v) is 6.00. The highest BCUT2D eigenvalue weighted by atomic mass is 32.2. The van der Waals surface area contributed by atoms with E-state index in [1.165, 1.54) is 6.07 Å². The van der Waals surface area contributed by atoms with Gasteiger partial charge in [-0.3, -0.25) is 4.40 Å². The minimum Gasteiger partial charge on any atom is -0.493 e. The molecular weight excluding hydrogens is 471 g/mol. The number of hydrogen-bond donors (Lipinski definition) is 1. The monoisotopic (exact) mass is 494 g/mol. The molecular formula is C21H23FN4O5S2. The highest BCUT2D eigenvalue weighted by molar-refractivity contribution is 7.91. The van der Waals surface area contributed by atoms with Crippen molar-refractivity contribution in [2.75, 3.05) is 23.4 Å². The molecule has 0 amide bonds. The second kappa shape index (κ2) is 9.56. The van der Waals surface area contributed by atoms with Crippen molar-refractivity contribution in [3.8, 4) is 5.75 Å². The number of anilines is 1. The van der Waals surface area contributed by atoms with Gasteiger partial charge >= 0.3 is 11.6 Å². The van der Waals surface area contributed by atoms with Crippen LogP contribution in [0.5, 0.6) is 5.75 Å². The van der Waals surface area contributed by atoms with Gasteiger partial charge in [0.2, 0.25) is 5.95 Å². The number of imidazole rings is 1. The van der Waals surface area contributed by atoms with Crippen LogP contribution >= 0.6 is 0 Å². The van der Waals surface area contributed by atoms with Crippen molar-refractivity contribution < 1.29 is 26.0 Å². The van der Waals surface area contributed by atoms with E-state index in [0.717, 1.165) is 28.1 Å². The van der Waals surface area contributed by atoms with Crippen LogP contribution in [-0.4, -0.2) is 49.3 Å². The van der Waals surface area contributed by atoms with E-state index in [1.807, 2.05) is 17.5 Å². The summed E-state index contributed by atoms with van der Waals surface area (Å²) in [6.45, 7) is 2.79. The molecule has 2 aromatic heterocycles. The predicted octanol–water partition coefficient (Wildman–Crippen LogP) is 2.35. The fourth-order valence-electron chi connectivity index (χ4n) is 4.50. The highest BCUT2D eigenvalue weighted by Crippen LogP contribution is 2.34. The molecule has 33 heavy (non-hydrogen) atoms. The zero-order valence-corrected chi connectivity index (χ0v) is 19.5. The van der Waals surface area contributed by atoms with Crippen LogP contribution in [0.15, 0.2) is 24.7 Å². The van der Waals surface area contributed by atoms with Gasteiger partial charge in [-0.15, -0.1) is 0 Å². The molecule has 9 nitrogen and oxygen atoms in total. The number of halogens is 1. The lowest BCUT2D eigenvalue weighted by atomic mass is 9.94. The van der Waals surface area contributed by atoms with Crippen LogP contribution in [0.1, 0.15) is 41.1 Å². The molecule has 1 aromatic carbocycles. The summed E-state index contributed by atoms with van der Waals surface area (Å²) in [6.07, 6.45) is 5.40. The Kier molecular flexibility index (Phi) is 6.75. The lowest BCUT2D eigenvalue weighted by Gasteiger charge is -2.23. The zero-order valence-electron chi connectivity index (χ0n) is 17.9. The molecule has 1 fully saturated rings. The van der Waals surface area contributed by atoms with Gasteiger partial charge in [0.05, 0.1) is 29.3 Å². The summed E-state index contributed by atoms with van der Waals surface area (Å²) in [5.41, 5.74) is 4.33. The average molecular weight is 495 g/mol. The standard InChI is InChI=1S/C21H23FN4O3S.O2S/c1-13-20-16(14-5-8-30(27,28)9-6-14)10-23-21(26(20)12-25-13)24-11-17-15-4-7-29-19(15)3-2-18(17)22;1-3-2/h2-3,10,12,14H,4-9,11H2,1H3,(H,23,24);. The molecule has 0 aliphatic carbocycles. The second-order valence-corrected chi connectivity index (χ2v) is 10.5. The average Bonchev–Trinajstić information content (AvgIpc) is 3.41. The van der Waals surface area contributed by atoms with Crippen molar-refractivity contribution in [1.29, 1.82) is 0 Å². The summed E-state index contributed by atoms with van der Waals surface area (Å²) >= 11 is -0.750. The molecule has 4 heterocycles. The van der Waals surface area contributed by atoms with E-state index in [-0.39, 0.29) is 23.2 Å². The number of aromatic nitrogens is 3. The Balaban J connectivity index is 0.000000821. The predicted molar refractivity (Wildman–Crippen MR) is 120 cm³/mol. The Morgan fingerprint density at radius 2 is 1.97 bits per heavy atom. The van der Waals surface area contributed by atoms with Crippen molar-refractivity contribution in [3.05, 3.63) is 52.9 Å². The molecule has 0 bridgehead atoms. The zero-order chi connectivity index (χ0) is 23.6. The molecule has 0 spiro atoms. The topological polar surface area (TPSA) is 120 Å². The molecule has 3 aromatic rings. The van der Waals surface area contributed by atoms with Gasteiger partial charge < -0.3 is 10.1 Å². The first-order chi connectivity index (χ1) is 15.8. The smallest absolute Gasteiger partial charge is 0.335 e. The third-order valence-electron chi connectivity index (χ3n) is 6.14. The number of nitrogens with zero attached hydrogens (tertiary/aromatic N) is 3. The first-order valence-corrected chi connectivity index (χ1v) is 12.9. The van der Waals surface area contributed by atoms with E-state index in [1.54, 1.807) is 12.4 Å². The molecule has 0 atom stereocenters. The van der Waals surface area contributed by atoms with Crippen LogP contribution in [0.2, 0.25) is 0 Å². The van der Waals surface area contributed by atoms with Crippen molar-refractivity contribution in [2.45, 2.75) is 38.6 Å². The summed E-state index contributed by atoms with van der Waals surface area (Å²) in [4.78, 5) is 9.02. The normalized spacial score (nSPS) is 17.0. The van der Waals surface area contributed by atoms with Gasteiger partial charge in [0.15, 0.2) is 0 Å².